The van der Waals surface area contributed by atoms with Gasteiger partial charge < -0.3 is 5.73 Å². The molecule has 84 valence electrons. The largest absolute Gasteiger partial charge is 0.327 e. The Morgan fingerprint density at radius 3 is 2.56 bits per heavy atom. The maximum atomic E-state index is 6.13. The molecule has 1 aromatic carbocycles. The second-order valence-corrected chi connectivity index (χ2v) is 5.10. The van der Waals surface area contributed by atoms with E-state index < -0.39 is 0 Å². The first-order chi connectivity index (χ1) is 7.84. The van der Waals surface area contributed by atoms with Gasteiger partial charge in [-0.3, -0.25) is 0 Å². The lowest BCUT2D eigenvalue weighted by Gasteiger charge is -2.10. The van der Waals surface area contributed by atoms with Crippen molar-refractivity contribution < 1.29 is 0 Å². The SMILES string of the molecule is NC(CCc1cccs1)Cc1ccccc1. The quantitative estimate of drug-likeness (QED) is 0.840. The molecular formula is C14H17NS. The van der Waals surface area contributed by atoms with E-state index in [4.69, 9.17) is 5.73 Å². The van der Waals surface area contributed by atoms with Crippen molar-refractivity contribution in [3.05, 3.63) is 58.3 Å². The Hall–Kier alpha value is -1.12. The van der Waals surface area contributed by atoms with E-state index in [9.17, 15) is 0 Å². The first-order valence-electron chi connectivity index (χ1n) is 5.66. The number of hydrogen-bond acceptors (Lipinski definition) is 2. The van der Waals surface area contributed by atoms with Crippen molar-refractivity contribution in [3.8, 4) is 0 Å². The molecule has 0 saturated heterocycles. The normalized spacial score (nSPS) is 12.6. The van der Waals surface area contributed by atoms with Crippen molar-refractivity contribution in [1.29, 1.82) is 0 Å². The summed E-state index contributed by atoms with van der Waals surface area (Å²) in [6.07, 6.45) is 3.15. The molecule has 1 aromatic heterocycles. The molecule has 1 atom stereocenters. The maximum Gasteiger partial charge on any atom is 0.00827 e. The predicted octanol–water partition coefficient (Wildman–Crippen LogP) is 3.25. The molecule has 0 fully saturated rings. The monoisotopic (exact) mass is 231 g/mol. The van der Waals surface area contributed by atoms with Crippen LogP contribution in [-0.4, -0.2) is 6.04 Å². The molecule has 0 aliphatic heterocycles. The average Bonchev–Trinajstić information content (AvgIpc) is 2.81. The van der Waals surface area contributed by atoms with Crippen molar-refractivity contribution in [1.82, 2.24) is 0 Å². The first kappa shape index (κ1) is 11.4. The fraction of sp³-hybridized carbons (Fsp3) is 0.286. The lowest BCUT2D eigenvalue weighted by Crippen LogP contribution is -2.23. The predicted molar refractivity (Wildman–Crippen MR) is 70.8 cm³/mol. The zero-order valence-corrected chi connectivity index (χ0v) is 10.1. The Morgan fingerprint density at radius 2 is 1.88 bits per heavy atom. The summed E-state index contributed by atoms with van der Waals surface area (Å²) in [4.78, 5) is 1.43. The van der Waals surface area contributed by atoms with Crippen LogP contribution in [0.2, 0.25) is 0 Å². The summed E-state index contributed by atoms with van der Waals surface area (Å²) < 4.78 is 0. The van der Waals surface area contributed by atoms with E-state index in [0.717, 1.165) is 19.3 Å². The molecule has 0 bridgehead atoms. The van der Waals surface area contributed by atoms with Crippen LogP contribution in [0.1, 0.15) is 16.9 Å². The van der Waals surface area contributed by atoms with E-state index in [1.165, 1.54) is 10.4 Å². The van der Waals surface area contributed by atoms with Gasteiger partial charge in [0.05, 0.1) is 0 Å². The first-order valence-corrected chi connectivity index (χ1v) is 6.54. The summed E-state index contributed by atoms with van der Waals surface area (Å²) in [5, 5.41) is 2.12. The van der Waals surface area contributed by atoms with Crippen molar-refractivity contribution in [3.63, 3.8) is 0 Å². The zero-order chi connectivity index (χ0) is 11.2. The van der Waals surface area contributed by atoms with Gasteiger partial charge in [0.15, 0.2) is 0 Å². The van der Waals surface area contributed by atoms with Gasteiger partial charge in [0.2, 0.25) is 0 Å². The van der Waals surface area contributed by atoms with Gasteiger partial charge in [0.1, 0.15) is 0 Å². The molecule has 16 heavy (non-hydrogen) atoms. The summed E-state index contributed by atoms with van der Waals surface area (Å²) in [5.74, 6) is 0. The van der Waals surface area contributed by atoms with Gasteiger partial charge in [-0.25, -0.2) is 0 Å². The number of benzene rings is 1. The van der Waals surface area contributed by atoms with E-state index in [-0.39, 0.29) is 6.04 Å². The Labute approximate surface area is 101 Å². The Morgan fingerprint density at radius 1 is 1.06 bits per heavy atom. The van der Waals surface area contributed by atoms with Crippen LogP contribution in [-0.2, 0) is 12.8 Å². The number of rotatable bonds is 5. The van der Waals surface area contributed by atoms with Gasteiger partial charge in [0, 0.05) is 10.9 Å². The molecule has 2 N–H and O–H groups in total. The molecule has 1 unspecified atom stereocenters. The Balaban J connectivity index is 1.78. The fourth-order valence-corrected chi connectivity index (χ4v) is 2.53. The van der Waals surface area contributed by atoms with Crippen LogP contribution < -0.4 is 5.73 Å². The molecular weight excluding hydrogens is 214 g/mol. The van der Waals surface area contributed by atoms with Crippen molar-refractivity contribution in [2.24, 2.45) is 5.73 Å². The standard InChI is InChI=1S/C14H17NS/c15-13(8-9-14-7-4-10-16-14)11-12-5-2-1-3-6-12/h1-7,10,13H,8-9,11,15H2. The van der Waals surface area contributed by atoms with Gasteiger partial charge in [-0.15, -0.1) is 11.3 Å². The highest BCUT2D eigenvalue weighted by atomic mass is 32.1. The van der Waals surface area contributed by atoms with Gasteiger partial charge in [-0.2, -0.15) is 0 Å². The minimum Gasteiger partial charge on any atom is -0.327 e. The summed E-state index contributed by atoms with van der Waals surface area (Å²) in [5.41, 5.74) is 7.46. The molecule has 0 radical (unpaired) electrons. The Kier molecular flexibility index (Phi) is 4.14. The highest BCUT2D eigenvalue weighted by Gasteiger charge is 2.04. The lowest BCUT2D eigenvalue weighted by molar-refractivity contribution is 0.613. The van der Waals surface area contributed by atoms with Crippen LogP contribution in [0.4, 0.5) is 0 Å². The lowest BCUT2D eigenvalue weighted by atomic mass is 10.0. The molecule has 1 nitrogen and oxygen atoms in total. The van der Waals surface area contributed by atoms with Gasteiger partial charge in [-0.05, 0) is 36.3 Å². The summed E-state index contributed by atoms with van der Waals surface area (Å²) in [6, 6.07) is 15.0. The van der Waals surface area contributed by atoms with E-state index >= 15 is 0 Å². The van der Waals surface area contributed by atoms with Crippen LogP contribution in [0.25, 0.3) is 0 Å². The van der Waals surface area contributed by atoms with E-state index in [0.29, 0.717) is 0 Å². The molecule has 0 spiro atoms. The number of aryl methyl sites for hydroxylation is 1. The third-order valence-electron chi connectivity index (χ3n) is 2.68. The highest BCUT2D eigenvalue weighted by Crippen LogP contribution is 2.13. The minimum absolute atomic E-state index is 0.268. The van der Waals surface area contributed by atoms with Crippen LogP contribution in [0.15, 0.2) is 47.8 Å². The van der Waals surface area contributed by atoms with Crippen LogP contribution in [0, 0.1) is 0 Å². The molecule has 0 aliphatic rings. The maximum absolute atomic E-state index is 6.13. The van der Waals surface area contributed by atoms with Crippen molar-refractivity contribution in [2.45, 2.75) is 25.3 Å². The highest BCUT2D eigenvalue weighted by molar-refractivity contribution is 7.09. The molecule has 1 heterocycles. The summed E-state index contributed by atoms with van der Waals surface area (Å²) in [7, 11) is 0. The second kappa shape index (κ2) is 5.83. The van der Waals surface area contributed by atoms with Crippen LogP contribution in [0.3, 0.4) is 0 Å². The van der Waals surface area contributed by atoms with Gasteiger partial charge in [-0.1, -0.05) is 36.4 Å². The van der Waals surface area contributed by atoms with Crippen molar-refractivity contribution in [2.75, 3.05) is 0 Å². The van der Waals surface area contributed by atoms with E-state index in [1.807, 2.05) is 17.4 Å². The number of hydrogen-bond donors (Lipinski definition) is 1. The zero-order valence-electron chi connectivity index (χ0n) is 9.30. The summed E-state index contributed by atoms with van der Waals surface area (Å²) >= 11 is 1.82. The minimum atomic E-state index is 0.268. The fourth-order valence-electron chi connectivity index (χ4n) is 1.80. The molecule has 2 aromatic rings. The van der Waals surface area contributed by atoms with E-state index in [1.54, 1.807) is 0 Å². The smallest absolute Gasteiger partial charge is 0.00827 e. The van der Waals surface area contributed by atoms with E-state index in [2.05, 4.69) is 41.8 Å². The molecule has 2 rings (SSSR count). The van der Waals surface area contributed by atoms with Gasteiger partial charge in [0.25, 0.3) is 0 Å². The Bertz CT molecular complexity index is 394. The molecule has 0 saturated carbocycles. The molecule has 2 heteroatoms. The molecule has 0 amide bonds. The average molecular weight is 231 g/mol. The summed E-state index contributed by atoms with van der Waals surface area (Å²) in [6.45, 7) is 0. The number of thiophene rings is 1. The van der Waals surface area contributed by atoms with Gasteiger partial charge >= 0.3 is 0 Å². The third kappa shape index (κ3) is 3.47. The topological polar surface area (TPSA) is 26.0 Å². The van der Waals surface area contributed by atoms with Crippen LogP contribution in [0.5, 0.6) is 0 Å². The van der Waals surface area contributed by atoms with Crippen molar-refractivity contribution >= 4 is 11.3 Å². The number of nitrogens with two attached hydrogens (primary N) is 1. The van der Waals surface area contributed by atoms with Crippen LogP contribution >= 0.6 is 11.3 Å². The second-order valence-electron chi connectivity index (χ2n) is 4.07. The molecule has 0 aliphatic carbocycles. The third-order valence-corrected chi connectivity index (χ3v) is 3.62.